The topological polar surface area (TPSA) is 38.7 Å². The van der Waals surface area contributed by atoms with Gasteiger partial charge in [0.2, 0.25) is 0 Å². The zero-order chi connectivity index (χ0) is 11.4. The molecule has 1 heterocycles. The molecule has 84 valence electrons. The molecular formula is C13H15NO2. The Morgan fingerprint density at radius 2 is 2.00 bits per heavy atom. The van der Waals surface area contributed by atoms with Gasteiger partial charge in [-0.2, -0.15) is 0 Å². The van der Waals surface area contributed by atoms with Crippen LogP contribution < -0.4 is 0 Å². The molecule has 1 aliphatic heterocycles. The number of aliphatic imine (C=N–C) groups is 1. The molecule has 0 saturated carbocycles. The van der Waals surface area contributed by atoms with Gasteiger partial charge in [-0.1, -0.05) is 12.1 Å². The number of hydrogen-bond acceptors (Lipinski definition) is 3. The third-order valence-corrected chi connectivity index (χ3v) is 2.76. The molecule has 1 aromatic carbocycles. The fourth-order valence-corrected chi connectivity index (χ4v) is 1.85. The van der Waals surface area contributed by atoms with Gasteiger partial charge in [-0.25, -0.2) is 4.79 Å². The van der Waals surface area contributed by atoms with E-state index in [0.717, 1.165) is 24.2 Å². The third-order valence-electron chi connectivity index (χ3n) is 2.76. The second-order valence-electron chi connectivity index (χ2n) is 3.85. The number of carbonyl (C=O) groups is 1. The SMILES string of the molecule is COC(=O)c1ccc(C2=NCCCC2)cc1. The molecule has 3 heteroatoms. The van der Waals surface area contributed by atoms with E-state index in [0.29, 0.717) is 5.56 Å². The number of hydrogen-bond donors (Lipinski definition) is 0. The van der Waals surface area contributed by atoms with Crippen LogP contribution in [0.1, 0.15) is 35.2 Å². The highest BCUT2D eigenvalue weighted by molar-refractivity contribution is 6.01. The zero-order valence-electron chi connectivity index (χ0n) is 9.40. The maximum absolute atomic E-state index is 11.2. The Bertz CT molecular complexity index is 406. The quantitative estimate of drug-likeness (QED) is 0.714. The van der Waals surface area contributed by atoms with Crippen molar-refractivity contribution < 1.29 is 9.53 Å². The van der Waals surface area contributed by atoms with Gasteiger partial charge in [0.25, 0.3) is 0 Å². The standard InChI is InChI=1S/C13H15NO2/c1-16-13(15)11-7-5-10(6-8-11)12-4-2-3-9-14-12/h5-8H,2-4,9H2,1H3. The van der Waals surface area contributed by atoms with E-state index >= 15 is 0 Å². The predicted octanol–water partition coefficient (Wildman–Crippen LogP) is 2.45. The van der Waals surface area contributed by atoms with E-state index in [1.54, 1.807) is 12.1 Å². The summed E-state index contributed by atoms with van der Waals surface area (Å²) in [6.45, 7) is 0.925. The number of rotatable bonds is 2. The van der Waals surface area contributed by atoms with E-state index in [-0.39, 0.29) is 5.97 Å². The lowest BCUT2D eigenvalue weighted by Crippen LogP contribution is -2.08. The fraction of sp³-hybridized carbons (Fsp3) is 0.385. The van der Waals surface area contributed by atoms with Crippen LogP contribution in [0, 0.1) is 0 Å². The summed E-state index contributed by atoms with van der Waals surface area (Å²) < 4.78 is 4.65. The van der Waals surface area contributed by atoms with Gasteiger partial charge in [-0.3, -0.25) is 4.99 Å². The van der Waals surface area contributed by atoms with Gasteiger partial charge in [-0.05, 0) is 37.0 Å². The Labute approximate surface area is 95.2 Å². The highest BCUT2D eigenvalue weighted by atomic mass is 16.5. The summed E-state index contributed by atoms with van der Waals surface area (Å²) in [5.74, 6) is -0.294. The van der Waals surface area contributed by atoms with Gasteiger partial charge in [0, 0.05) is 12.3 Å². The molecule has 0 radical (unpaired) electrons. The van der Waals surface area contributed by atoms with Crippen LogP contribution in [-0.4, -0.2) is 25.3 Å². The Morgan fingerprint density at radius 3 is 2.56 bits per heavy atom. The molecule has 0 N–H and O–H groups in total. The number of methoxy groups -OCH3 is 1. The second-order valence-corrected chi connectivity index (χ2v) is 3.85. The van der Waals surface area contributed by atoms with Crippen molar-refractivity contribution in [2.45, 2.75) is 19.3 Å². The first-order valence-electron chi connectivity index (χ1n) is 5.53. The molecule has 1 aromatic rings. The first kappa shape index (κ1) is 10.9. The number of benzene rings is 1. The second kappa shape index (κ2) is 4.92. The van der Waals surface area contributed by atoms with Crippen LogP contribution >= 0.6 is 0 Å². The minimum Gasteiger partial charge on any atom is -0.465 e. The van der Waals surface area contributed by atoms with Gasteiger partial charge < -0.3 is 4.74 Å². The Morgan fingerprint density at radius 1 is 1.25 bits per heavy atom. The van der Waals surface area contributed by atoms with Gasteiger partial charge >= 0.3 is 5.97 Å². The normalized spacial score (nSPS) is 15.4. The van der Waals surface area contributed by atoms with E-state index in [9.17, 15) is 4.79 Å². The number of ether oxygens (including phenoxy) is 1. The van der Waals surface area contributed by atoms with Crippen LogP contribution in [0.4, 0.5) is 0 Å². The molecule has 0 aromatic heterocycles. The smallest absolute Gasteiger partial charge is 0.337 e. The summed E-state index contributed by atoms with van der Waals surface area (Å²) >= 11 is 0. The third kappa shape index (κ3) is 2.30. The minimum atomic E-state index is -0.294. The maximum Gasteiger partial charge on any atom is 0.337 e. The average Bonchev–Trinajstić information content (AvgIpc) is 2.39. The largest absolute Gasteiger partial charge is 0.465 e. The van der Waals surface area contributed by atoms with E-state index in [1.807, 2.05) is 12.1 Å². The Kier molecular flexibility index (Phi) is 3.34. The summed E-state index contributed by atoms with van der Waals surface area (Å²) in [4.78, 5) is 15.7. The van der Waals surface area contributed by atoms with E-state index in [1.165, 1.54) is 20.0 Å². The molecule has 0 atom stereocenters. The zero-order valence-corrected chi connectivity index (χ0v) is 9.40. The Hall–Kier alpha value is -1.64. The van der Waals surface area contributed by atoms with Crippen molar-refractivity contribution in [3.8, 4) is 0 Å². The lowest BCUT2D eigenvalue weighted by atomic mass is 10.0. The molecule has 16 heavy (non-hydrogen) atoms. The number of carbonyl (C=O) groups excluding carboxylic acids is 1. The van der Waals surface area contributed by atoms with Crippen molar-refractivity contribution in [1.82, 2.24) is 0 Å². The van der Waals surface area contributed by atoms with Crippen LogP contribution in [-0.2, 0) is 4.74 Å². The van der Waals surface area contributed by atoms with E-state index < -0.39 is 0 Å². The highest BCUT2D eigenvalue weighted by Gasteiger charge is 2.09. The van der Waals surface area contributed by atoms with Crippen LogP contribution in [0.5, 0.6) is 0 Å². The van der Waals surface area contributed by atoms with E-state index in [4.69, 9.17) is 0 Å². The van der Waals surface area contributed by atoms with Gasteiger partial charge in [0.05, 0.1) is 12.7 Å². The van der Waals surface area contributed by atoms with Crippen molar-refractivity contribution in [3.63, 3.8) is 0 Å². The van der Waals surface area contributed by atoms with Crippen LogP contribution in [0.3, 0.4) is 0 Å². The molecule has 0 saturated heterocycles. The molecular weight excluding hydrogens is 202 g/mol. The van der Waals surface area contributed by atoms with Gasteiger partial charge in [0.15, 0.2) is 0 Å². The van der Waals surface area contributed by atoms with Crippen molar-refractivity contribution in [2.75, 3.05) is 13.7 Å². The summed E-state index contributed by atoms with van der Waals surface area (Å²) in [7, 11) is 1.39. The monoisotopic (exact) mass is 217 g/mol. The molecule has 0 spiro atoms. The highest BCUT2D eigenvalue weighted by Crippen LogP contribution is 2.14. The van der Waals surface area contributed by atoms with Gasteiger partial charge in [-0.15, -0.1) is 0 Å². The first-order valence-corrected chi connectivity index (χ1v) is 5.53. The van der Waals surface area contributed by atoms with Crippen LogP contribution in [0.15, 0.2) is 29.3 Å². The summed E-state index contributed by atoms with van der Waals surface area (Å²) in [6, 6.07) is 7.46. The Balaban J connectivity index is 2.18. The van der Waals surface area contributed by atoms with Crippen molar-refractivity contribution in [2.24, 2.45) is 4.99 Å². The van der Waals surface area contributed by atoms with Crippen molar-refractivity contribution in [3.05, 3.63) is 35.4 Å². The van der Waals surface area contributed by atoms with Crippen LogP contribution in [0.2, 0.25) is 0 Å². The molecule has 0 aliphatic carbocycles. The fourth-order valence-electron chi connectivity index (χ4n) is 1.85. The lowest BCUT2D eigenvalue weighted by molar-refractivity contribution is 0.0601. The predicted molar refractivity (Wildman–Crippen MR) is 63.0 cm³/mol. The van der Waals surface area contributed by atoms with Crippen molar-refractivity contribution in [1.29, 1.82) is 0 Å². The summed E-state index contributed by atoms with van der Waals surface area (Å²) in [6.07, 6.45) is 3.43. The molecule has 0 fully saturated rings. The average molecular weight is 217 g/mol. The molecule has 0 unspecified atom stereocenters. The van der Waals surface area contributed by atoms with E-state index in [2.05, 4.69) is 9.73 Å². The molecule has 3 nitrogen and oxygen atoms in total. The molecule has 1 aliphatic rings. The minimum absolute atomic E-state index is 0.294. The van der Waals surface area contributed by atoms with Gasteiger partial charge in [0.1, 0.15) is 0 Å². The first-order chi connectivity index (χ1) is 7.81. The lowest BCUT2D eigenvalue weighted by Gasteiger charge is -2.11. The van der Waals surface area contributed by atoms with Crippen molar-refractivity contribution >= 4 is 11.7 Å². The van der Waals surface area contributed by atoms with Crippen LogP contribution in [0.25, 0.3) is 0 Å². The molecule has 0 bridgehead atoms. The summed E-state index contributed by atoms with van der Waals surface area (Å²) in [5.41, 5.74) is 2.86. The molecule has 0 amide bonds. The number of esters is 1. The molecule has 2 rings (SSSR count). The maximum atomic E-state index is 11.2. The number of nitrogens with zero attached hydrogens (tertiary/aromatic N) is 1. The summed E-state index contributed by atoms with van der Waals surface area (Å²) in [5, 5.41) is 0.